The van der Waals surface area contributed by atoms with Crippen molar-refractivity contribution in [2.45, 2.75) is 23.7 Å². The third kappa shape index (κ3) is 4.13. The molecule has 1 heterocycles. The molecule has 1 atom stereocenters. The van der Waals surface area contributed by atoms with Crippen molar-refractivity contribution < 1.29 is 26.3 Å². The molecule has 3 rings (SSSR count). The number of halogens is 3. The van der Waals surface area contributed by atoms with Gasteiger partial charge in [0.2, 0.25) is 15.0 Å². The summed E-state index contributed by atoms with van der Waals surface area (Å²) in [7, 11) is -3.89. The lowest BCUT2D eigenvalue weighted by molar-refractivity contribution is -0.274. The van der Waals surface area contributed by atoms with E-state index in [9.17, 15) is 21.6 Å². The number of rotatable bonds is 5. The van der Waals surface area contributed by atoms with Gasteiger partial charge in [-0.05, 0) is 36.8 Å². The van der Waals surface area contributed by atoms with Gasteiger partial charge in [-0.2, -0.15) is 0 Å². The van der Waals surface area contributed by atoms with E-state index in [2.05, 4.69) is 9.72 Å². The molecule has 5 nitrogen and oxygen atoms in total. The average molecular weight is 396 g/mol. The van der Waals surface area contributed by atoms with Gasteiger partial charge in [0.15, 0.2) is 0 Å². The van der Waals surface area contributed by atoms with Crippen LogP contribution in [0.1, 0.15) is 17.7 Å². The molecule has 9 heteroatoms. The maximum absolute atomic E-state index is 13.0. The van der Waals surface area contributed by atoms with Crippen molar-refractivity contribution >= 4 is 9.84 Å². The van der Waals surface area contributed by atoms with Crippen molar-refractivity contribution in [3.05, 3.63) is 72.6 Å². The zero-order valence-corrected chi connectivity index (χ0v) is 14.9. The van der Waals surface area contributed by atoms with Crippen molar-refractivity contribution in [1.29, 1.82) is 0 Å². The molecule has 0 N–H and O–H groups in total. The topological polar surface area (TPSA) is 61.2 Å². The molecule has 0 saturated carbocycles. The van der Waals surface area contributed by atoms with E-state index < -0.39 is 27.2 Å². The van der Waals surface area contributed by atoms with Crippen LogP contribution >= 0.6 is 0 Å². The number of hydrogen-bond acceptors (Lipinski definition) is 4. The van der Waals surface area contributed by atoms with Crippen molar-refractivity contribution in [1.82, 2.24) is 9.55 Å². The van der Waals surface area contributed by atoms with E-state index in [4.69, 9.17) is 0 Å². The van der Waals surface area contributed by atoms with E-state index in [1.165, 1.54) is 36.0 Å². The van der Waals surface area contributed by atoms with Gasteiger partial charge in [-0.1, -0.05) is 30.3 Å². The molecule has 0 aliphatic heterocycles. The number of benzene rings is 2. The van der Waals surface area contributed by atoms with Crippen LogP contribution in [0.25, 0.3) is 5.69 Å². The van der Waals surface area contributed by atoms with Gasteiger partial charge in [0.05, 0.1) is 5.25 Å². The summed E-state index contributed by atoms with van der Waals surface area (Å²) in [6.07, 6.45) is -1.89. The molecule has 0 spiro atoms. The highest BCUT2D eigenvalue weighted by atomic mass is 32.2. The van der Waals surface area contributed by atoms with E-state index >= 15 is 0 Å². The first kappa shape index (κ1) is 19.0. The Balaban J connectivity index is 1.91. The van der Waals surface area contributed by atoms with Crippen LogP contribution in [0.4, 0.5) is 13.2 Å². The monoisotopic (exact) mass is 396 g/mol. The van der Waals surface area contributed by atoms with E-state index in [0.717, 1.165) is 12.1 Å². The van der Waals surface area contributed by atoms with Crippen molar-refractivity contribution in [3.63, 3.8) is 0 Å². The first-order chi connectivity index (χ1) is 12.7. The summed E-state index contributed by atoms with van der Waals surface area (Å²) in [5.41, 5.74) is 0.960. The minimum atomic E-state index is -4.81. The number of imidazole rings is 1. The van der Waals surface area contributed by atoms with Gasteiger partial charge in [0, 0.05) is 18.1 Å². The van der Waals surface area contributed by atoms with Crippen LogP contribution in [0.2, 0.25) is 0 Å². The van der Waals surface area contributed by atoms with Crippen LogP contribution in [-0.4, -0.2) is 24.3 Å². The summed E-state index contributed by atoms with van der Waals surface area (Å²) in [6.45, 7) is 1.46. The Kier molecular flexibility index (Phi) is 4.97. The minimum absolute atomic E-state index is 0.142. The van der Waals surface area contributed by atoms with Crippen LogP contribution in [0.3, 0.4) is 0 Å². The fourth-order valence-electron chi connectivity index (χ4n) is 2.56. The molecule has 0 aliphatic rings. The fourth-order valence-corrected chi connectivity index (χ4v) is 4.04. The third-order valence-electron chi connectivity index (χ3n) is 3.94. The fraction of sp³-hybridized carbons (Fsp3) is 0.167. The lowest BCUT2D eigenvalue weighted by atomic mass is 10.2. The van der Waals surface area contributed by atoms with E-state index in [0.29, 0.717) is 11.3 Å². The molecule has 0 radical (unpaired) electrons. The number of ether oxygens (including phenoxy) is 1. The molecular formula is C18H15F3N2O3S. The molecule has 1 aromatic heterocycles. The Morgan fingerprint density at radius 3 is 2.26 bits per heavy atom. The first-order valence-electron chi connectivity index (χ1n) is 7.87. The number of para-hydroxylation sites is 1. The van der Waals surface area contributed by atoms with Gasteiger partial charge in [0.25, 0.3) is 0 Å². The maximum Gasteiger partial charge on any atom is 0.573 e. The van der Waals surface area contributed by atoms with Crippen LogP contribution in [-0.2, 0) is 9.84 Å². The number of nitrogens with zero attached hydrogens (tertiary/aromatic N) is 2. The van der Waals surface area contributed by atoms with Crippen molar-refractivity contribution in [2.75, 3.05) is 0 Å². The molecule has 0 saturated heterocycles. The lowest BCUT2D eigenvalue weighted by Gasteiger charge is -2.15. The average Bonchev–Trinajstić information content (AvgIpc) is 3.12. The van der Waals surface area contributed by atoms with Gasteiger partial charge < -0.3 is 4.74 Å². The molecular weight excluding hydrogens is 381 g/mol. The molecule has 27 heavy (non-hydrogen) atoms. The number of hydrogen-bond donors (Lipinski definition) is 0. The summed E-state index contributed by atoms with van der Waals surface area (Å²) in [6, 6.07) is 13.6. The molecule has 2 aromatic carbocycles. The first-order valence-corrected chi connectivity index (χ1v) is 9.41. The highest BCUT2D eigenvalue weighted by Gasteiger charge is 2.32. The molecule has 3 aromatic rings. The number of alkyl halides is 3. The van der Waals surface area contributed by atoms with Gasteiger partial charge in [-0.15, -0.1) is 13.2 Å². The summed E-state index contributed by atoms with van der Waals surface area (Å²) in [5.74, 6) is -0.415. The summed E-state index contributed by atoms with van der Waals surface area (Å²) in [4.78, 5) is 3.98. The van der Waals surface area contributed by atoms with Gasteiger partial charge in [-0.3, -0.25) is 4.57 Å². The predicted octanol–water partition coefficient (Wildman–Crippen LogP) is 4.31. The Morgan fingerprint density at radius 1 is 1.04 bits per heavy atom. The largest absolute Gasteiger partial charge is 0.573 e. The smallest absolute Gasteiger partial charge is 0.406 e. The molecule has 0 fully saturated rings. The second kappa shape index (κ2) is 7.07. The van der Waals surface area contributed by atoms with Gasteiger partial charge >= 0.3 is 6.36 Å². The lowest BCUT2D eigenvalue weighted by Crippen LogP contribution is -2.17. The minimum Gasteiger partial charge on any atom is -0.406 e. The Hall–Kier alpha value is -2.81. The van der Waals surface area contributed by atoms with Crippen molar-refractivity contribution in [2.24, 2.45) is 0 Å². The molecule has 0 unspecified atom stereocenters. The Labute approximate surface area is 154 Å². The van der Waals surface area contributed by atoms with Crippen molar-refractivity contribution in [3.8, 4) is 11.4 Å². The molecule has 0 bridgehead atoms. The quantitative estimate of drug-likeness (QED) is 0.645. The van der Waals surface area contributed by atoms with E-state index in [-0.39, 0.29) is 5.16 Å². The number of sulfone groups is 1. The van der Waals surface area contributed by atoms with Gasteiger partial charge in [-0.25, -0.2) is 13.4 Å². The second-order valence-electron chi connectivity index (χ2n) is 5.72. The van der Waals surface area contributed by atoms with Crippen LogP contribution in [0.5, 0.6) is 5.75 Å². The summed E-state index contributed by atoms with van der Waals surface area (Å²) in [5, 5.41) is -1.15. The summed E-state index contributed by atoms with van der Waals surface area (Å²) < 4.78 is 68.0. The highest BCUT2D eigenvalue weighted by Crippen LogP contribution is 2.31. The molecule has 142 valence electrons. The summed E-state index contributed by atoms with van der Waals surface area (Å²) >= 11 is 0. The zero-order chi connectivity index (χ0) is 19.7. The van der Waals surface area contributed by atoms with E-state index in [1.807, 2.05) is 6.07 Å². The van der Waals surface area contributed by atoms with E-state index in [1.54, 1.807) is 24.3 Å². The predicted molar refractivity (Wildman–Crippen MR) is 92.3 cm³/mol. The second-order valence-corrected chi connectivity index (χ2v) is 7.88. The Bertz CT molecular complexity index is 1010. The highest BCUT2D eigenvalue weighted by molar-refractivity contribution is 7.91. The standard InChI is InChI=1S/C18H15F3N2O3S/c1-13(14-7-9-16(10-8-14)26-18(19,20)21)27(24,25)17-22-11-12-23(17)15-5-3-2-4-6-15/h2-13H,1H3/t13-/m0/s1. The van der Waals surface area contributed by atoms with Crippen LogP contribution in [0, 0.1) is 0 Å². The van der Waals surface area contributed by atoms with Crippen LogP contribution in [0.15, 0.2) is 72.1 Å². The normalized spacial score (nSPS) is 13.3. The number of aromatic nitrogens is 2. The molecule has 0 amide bonds. The zero-order valence-electron chi connectivity index (χ0n) is 14.1. The maximum atomic E-state index is 13.0. The Morgan fingerprint density at radius 2 is 1.67 bits per heavy atom. The molecule has 0 aliphatic carbocycles. The van der Waals surface area contributed by atoms with Crippen LogP contribution < -0.4 is 4.74 Å². The SMILES string of the molecule is C[C@@H](c1ccc(OC(F)(F)F)cc1)S(=O)(=O)c1nccn1-c1ccccc1. The van der Waals surface area contributed by atoms with Gasteiger partial charge in [0.1, 0.15) is 5.75 Å². The third-order valence-corrected chi connectivity index (χ3v) is 5.96.